The van der Waals surface area contributed by atoms with Crippen LogP contribution in [-0.2, 0) is 16.0 Å². The van der Waals surface area contributed by atoms with Gasteiger partial charge in [-0.2, -0.15) is 0 Å². The fourth-order valence-corrected chi connectivity index (χ4v) is 2.90. The number of hydrogen-bond acceptors (Lipinski definition) is 4. The Bertz CT molecular complexity index is 698. The van der Waals surface area contributed by atoms with Crippen molar-refractivity contribution < 1.29 is 9.59 Å². The molecular weight excluding hydrogens is 316 g/mol. The molecule has 0 saturated carbocycles. The van der Waals surface area contributed by atoms with E-state index >= 15 is 0 Å². The quantitative estimate of drug-likeness (QED) is 0.886. The fourth-order valence-electron chi connectivity index (χ4n) is 2.90. The van der Waals surface area contributed by atoms with E-state index in [0.29, 0.717) is 19.5 Å². The molecule has 2 heterocycles. The van der Waals surface area contributed by atoms with Gasteiger partial charge in [-0.25, -0.2) is 0 Å². The first-order valence-corrected chi connectivity index (χ1v) is 8.46. The van der Waals surface area contributed by atoms with Crippen LogP contribution < -0.4 is 10.2 Å². The van der Waals surface area contributed by atoms with Crippen LogP contribution in [-0.4, -0.2) is 54.4 Å². The van der Waals surface area contributed by atoms with Crippen molar-refractivity contribution in [2.45, 2.75) is 6.42 Å². The average Bonchev–Trinajstić information content (AvgIpc) is 2.68. The van der Waals surface area contributed by atoms with E-state index in [0.717, 1.165) is 24.3 Å². The molecule has 130 valence electrons. The molecule has 1 aliphatic heterocycles. The van der Waals surface area contributed by atoms with Crippen molar-refractivity contribution in [1.82, 2.24) is 15.2 Å². The molecule has 1 saturated heterocycles. The van der Waals surface area contributed by atoms with Crippen LogP contribution in [0.1, 0.15) is 5.56 Å². The van der Waals surface area contributed by atoms with E-state index in [4.69, 9.17) is 0 Å². The van der Waals surface area contributed by atoms with Crippen LogP contribution in [0, 0.1) is 0 Å². The first-order chi connectivity index (χ1) is 12.2. The number of piperazine rings is 1. The Morgan fingerprint density at radius 3 is 2.32 bits per heavy atom. The van der Waals surface area contributed by atoms with E-state index in [1.54, 1.807) is 17.3 Å². The number of pyridine rings is 1. The SMILES string of the molecule is O=C(Cc1ccccc1)NCC(=O)N1CCN(c2ccncc2)CC1. The Morgan fingerprint density at radius 2 is 1.64 bits per heavy atom. The Morgan fingerprint density at radius 1 is 0.960 bits per heavy atom. The summed E-state index contributed by atoms with van der Waals surface area (Å²) in [5.74, 6) is -0.161. The van der Waals surface area contributed by atoms with Crippen molar-refractivity contribution >= 4 is 17.5 Å². The highest BCUT2D eigenvalue weighted by Crippen LogP contribution is 2.14. The lowest BCUT2D eigenvalue weighted by atomic mass is 10.1. The van der Waals surface area contributed by atoms with E-state index in [-0.39, 0.29) is 18.4 Å². The van der Waals surface area contributed by atoms with Gasteiger partial charge in [-0.3, -0.25) is 14.6 Å². The normalized spacial score (nSPS) is 14.2. The molecular formula is C19H22N4O2. The lowest BCUT2D eigenvalue weighted by molar-refractivity contribution is -0.133. The maximum absolute atomic E-state index is 12.3. The van der Waals surface area contributed by atoms with Crippen molar-refractivity contribution in [3.8, 4) is 0 Å². The summed E-state index contributed by atoms with van der Waals surface area (Å²) in [7, 11) is 0. The van der Waals surface area contributed by atoms with Crippen molar-refractivity contribution in [1.29, 1.82) is 0 Å². The highest BCUT2D eigenvalue weighted by Gasteiger charge is 2.21. The molecule has 2 amide bonds. The molecule has 6 heteroatoms. The van der Waals surface area contributed by atoms with Gasteiger partial charge in [-0.1, -0.05) is 30.3 Å². The van der Waals surface area contributed by atoms with Gasteiger partial charge in [0, 0.05) is 44.3 Å². The lowest BCUT2D eigenvalue weighted by Crippen LogP contribution is -2.51. The molecule has 0 radical (unpaired) electrons. The van der Waals surface area contributed by atoms with Crippen molar-refractivity contribution in [3.63, 3.8) is 0 Å². The van der Waals surface area contributed by atoms with Crippen LogP contribution in [0.2, 0.25) is 0 Å². The monoisotopic (exact) mass is 338 g/mol. The number of nitrogens with one attached hydrogen (secondary N) is 1. The molecule has 3 rings (SSSR count). The minimum Gasteiger partial charge on any atom is -0.368 e. The third-order valence-electron chi connectivity index (χ3n) is 4.30. The summed E-state index contributed by atoms with van der Waals surface area (Å²) in [6, 6.07) is 13.5. The van der Waals surface area contributed by atoms with Crippen LogP contribution in [0.5, 0.6) is 0 Å². The number of carbonyl (C=O) groups is 2. The number of benzene rings is 1. The smallest absolute Gasteiger partial charge is 0.242 e. The van der Waals surface area contributed by atoms with E-state index in [1.807, 2.05) is 42.5 Å². The van der Waals surface area contributed by atoms with E-state index in [1.165, 1.54) is 0 Å². The number of amides is 2. The van der Waals surface area contributed by atoms with Crippen LogP contribution in [0.3, 0.4) is 0 Å². The summed E-state index contributed by atoms with van der Waals surface area (Å²) in [5.41, 5.74) is 2.07. The summed E-state index contributed by atoms with van der Waals surface area (Å²) in [5, 5.41) is 2.72. The standard InChI is InChI=1S/C19H22N4O2/c24-18(14-16-4-2-1-3-5-16)21-15-19(25)23-12-10-22(11-13-23)17-6-8-20-9-7-17/h1-9H,10-15H2,(H,21,24). The minimum atomic E-state index is -0.130. The molecule has 0 spiro atoms. The molecule has 1 fully saturated rings. The molecule has 0 atom stereocenters. The molecule has 0 unspecified atom stereocenters. The highest BCUT2D eigenvalue weighted by molar-refractivity contribution is 5.85. The number of aromatic nitrogens is 1. The Labute approximate surface area is 147 Å². The van der Waals surface area contributed by atoms with Crippen LogP contribution >= 0.6 is 0 Å². The Hall–Kier alpha value is -2.89. The number of rotatable bonds is 5. The Kier molecular flexibility index (Phi) is 5.61. The molecule has 25 heavy (non-hydrogen) atoms. The summed E-state index contributed by atoms with van der Waals surface area (Å²) < 4.78 is 0. The molecule has 1 aromatic carbocycles. The third kappa shape index (κ3) is 4.79. The van der Waals surface area contributed by atoms with E-state index in [2.05, 4.69) is 15.2 Å². The fraction of sp³-hybridized carbons (Fsp3) is 0.316. The predicted molar refractivity (Wildman–Crippen MR) is 96.2 cm³/mol. The second kappa shape index (κ2) is 8.28. The molecule has 6 nitrogen and oxygen atoms in total. The second-order valence-corrected chi connectivity index (χ2v) is 6.01. The molecule has 1 N–H and O–H groups in total. The first-order valence-electron chi connectivity index (χ1n) is 8.46. The van der Waals surface area contributed by atoms with Crippen LogP contribution in [0.4, 0.5) is 5.69 Å². The molecule has 1 aromatic heterocycles. The van der Waals surface area contributed by atoms with Gasteiger partial charge < -0.3 is 15.1 Å². The van der Waals surface area contributed by atoms with Gasteiger partial charge in [0.25, 0.3) is 0 Å². The van der Waals surface area contributed by atoms with Gasteiger partial charge in [-0.15, -0.1) is 0 Å². The molecule has 2 aromatic rings. The van der Waals surface area contributed by atoms with Gasteiger partial charge in [0.2, 0.25) is 11.8 Å². The van der Waals surface area contributed by atoms with Gasteiger partial charge in [0.05, 0.1) is 13.0 Å². The number of carbonyl (C=O) groups excluding carboxylic acids is 2. The molecule has 1 aliphatic rings. The summed E-state index contributed by atoms with van der Waals surface area (Å²) in [4.78, 5) is 32.3. The van der Waals surface area contributed by atoms with Gasteiger partial charge in [-0.05, 0) is 17.7 Å². The van der Waals surface area contributed by atoms with E-state index in [9.17, 15) is 9.59 Å². The minimum absolute atomic E-state index is 0.0317. The topological polar surface area (TPSA) is 65.5 Å². The zero-order chi connectivity index (χ0) is 17.5. The second-order valence-electron chi connectivity index (χ2n) is 6.01. The van der Waals surface area contributed by atoms with Gasteiger partial charge >= 0.3 is 0 Å². The lowest BCUT2D eigenvalue weighted by Gasteiger charge is -2.36. The largest absolute Gasteiger partial charge is 0.368 e. The van der Waals surface area contributed by atoms with Crippen LogP contribution in [0.15, 0.2) is 54.9 Å². The van der Waals surface area contributed by atoms with Gasteiger partial charge in [0.15, 0.2) is 0 Å². The molecule has 0 aliphatic carbocycles. The number of hydrogen-bond donors (Lipinski definition) is 1. The maximum Gasteiger partial charge on any atom is 0.242 e. The third-order valence-corrected chi connectivity index (χ3v) is 4.30. The summed E-state index contributed by atoms with van der Waals surface area (Å²) in [6.45, 7) is 2.95. The zero-order valence-corrected chi connectivity index (χ0v) is 14.1. The van der Waals surface area contributed by atoms with Gasteiger partial charge in [0.1, 0.15) is 0 Å². The van der Waals surface area contributed by atoms with Crippen molar-refractivity contribution in [2.24, 2.45) is 0 Å². The number of anilines is 1. The first kappa shape index (κ1) is 17.0. The average molecular weight is 338 g/mol. The highest BCUT2D eigenvalue weighted by atomic mass is 16.2. The van der Waals surface area contributed by atoms with Crippen LogP contribution in [0.25, 0.3) is 0 Å². The maximum atomic E-state index is 12.3. The molecule has 0 bridgehead atoms. The number of nitrogens with zero attached hydrogens (tertiary/aromatic N) is 3. The van der Waals surface area contributed by atoms with Crippen molar-refractivity contribution in [3.05, 3.63) is 60.4 Å². The summed E-state index contributed by atoms with van der Waals surface area (Å²) in [6.07, 6.45) is 3.84. The summed E-state index contributed by atoms with van der Waals surface area (Å²) >= 11 is 0. The van der Waals surface area contributed by atoms with Crippen molar-refractivity contribution in [2.75, 3.05) is 37.6 Å². The Balaban J connectivity index is 1.41. The van der Waals surface area contributed by atoms with E-state index < -0.39 is 0 Å². The zero-order valence-electron chi connectivity index (χ0n) is 14.1. The predicted octanol–water partition coefficient (Wildman–Crippen LogP) is 1.09.